The highest BCUT2D eigenvalue weighted by atomic mass is 19.4. The summed E-state index contributed by atoms with van der Waals surface area (Å²) in [6, 6.07) is 13.2. The van der Waals surface area contributed by atoms with Crippen LogP contribution >= 0.6 is 0 Å². The van der Waals surface area contributed by atoms with Gasteiger partial charge < -0.3 is 5.73 Å². The molecule has 110 valence electrons. The zero-order chi connectivity index (χ0) is 15.5. The van der Waals surface area contributed by atoms with Crippen molar-refractivity contribution in [1.29, 1.82) is 0 Å². The molecule has 0 spiro atoms. The van der Waals surface area contributed by atoms with Crippen LogP contribution in [0.25, 0.3) is 0 Å². The number of halogens is 3. The Labute approximate surface area is 120 Å². The third-order valence-corrected chi connectivity index (χ3v) is 3.25. The van der Waals surface area contributed by atoms with Gasteiger partial charge in [0.05, 0.1) is 11.5 Å². The predicted molar refractivity (Wildman–Crippen MR) is 74.0 cm³/mol. The van der Waals surface area contributed by atoms with Crippen LogP contribution in [0, 0.1) is 0 Å². The molecule has 0 aliphatic rings. The first kappa shape index (κ1) is 15.3. The van der Waals surface area contributed by atoms with Crippen molar-refractivity contribution in [2.24, 2.45) is 5.73 Å². The lowest BCUT2D eigenvalue weighted by molar-refractivity contribution is -0.137. The number of benzene rings is 2. The first-order valence-electron chi connectivity index (χ1n) is 6.40. The molecule has 2 aromatic rings. The van der Waals surface area contributed by atoms with Crippen LogP contribution < -0.4 is 5.73 Å². The number of alkyl halides is 3. The number of rotatable bonds is 4. The van der Waals surface area contributed by atoms with Crippen molar-refractivity contribution < 1.29 is 18.0 Å². The summed E-state index contributed by atoms with van der Waals surface area (Å²) in [5.74, 6) is -0.833. The maximum atomic E-state index is 12.5. The predicted octanol–water partition coefficient (Wildman–Crippen LogP) is 3.63. The fraction of sp³-hybridized carbons (Fsp3) is 0.188. The Morgan fingerprint density at radius 2 is 1.57 bits per heavy atom. The summed E-state index contributed by atoms with van der Waals surface area (Å²) in [6.07, 6.45) is -4.41. The van der Waals surface area contributed by atoms with Gasteiger partial charge >= 0.3 is 6.18 Å². The molecule has 21 heavy (non-hydrogen) atoms. The van der Waals surface area contributed by atoms with E-state index in [9.17, 15) is 18.0 Å². The van der Waals surface area contributed by atoms with Gasteiger partial charge in [-0.25, -0.2) is 0 Å². The van der Waals surface area contributed by atoms with Crippen molar-refractivity contribution in [3.8, 4) is 0 Å². The van der Waals surface area contributed by atoms with Gasteiger partial charge in [0, 0.05) is 12.1 Å². The molecule has 2 rings (SSSR count). The molecule has 5 heteroatoms. The Morgan fingerprint density at radius 3 is 2.05 bits per heavy atom. The zero-order valence-corrected chi connectivity index (χ0v) is 11.1. The van der Waals surface area contributed by atoms with Crippen molar-refractivity contribution in [2.75, 3.05) is 6.54 Å². The Balaban J connectivity index is 2.26. The van der Waals surface area contributed by atoms with Crippen LogP contribution in [0.2, 0.25) is 0 Å². The van der Waals surface area contributed by atoms with Crippen LogP contribution in [-0.4, -0.2) is 12.3 Å². The lowest BCUT2D eigenvalue weighted by Crippen LogP contribution is -2.22. The highest BCUT2D eigenvalue weighted by molar-refractivity contribution is 6.01. The number of Topliss-reactive ketones (excluding diaryl/α,β-unsaturated/α-hetero) is 1. The van der Waals surface area contributed by atoms with Crippen LogP contribution in [0.4, 0.5) is 13.2 Å². The Hall–Kier alpha value is -2.14. The standard InChI is InChI=1S/C16H14F3NO/c17-16(18,19)13-8-6-12(7-9-13)15(21)14(10-20)11-4-2-1-3-5-11/h1-9,14H,10,20H2. The third kappa shape index (κ3) is 3.49. The van der Waals surface area contributed by atoms with Crippen LogP contribution in [0.15, 0.2) is 54.6 Å². The lowest BCUT2D eigenvalue weighted by Gasteiger charge is -2.14. The van der Waals surface area contributed by atoms with Crippen LogP contribution in [-0.2, 0) is 6.18 Å². The van der Waals surface area contributed by atoms with Gasteiger partial charge in [0.15, 0.2) is 5.78 Å². The minimum Gasteiger partial charge on any atom is -0.329 e. The molecule has 0 radical (unpaired) electrons. The molecular weight excluding hydrogens is 279 g/mol. The normalized spacial score (nSPS) is 13.0. The van der Waals surface area contributed by atoms with Crippen molar-refractivity contribution in [2.45, 2.75) is 12.1 Å². The summed E-state index contributed by atoms with van der Waals surface area (Å²) in [4.78, 5) is 12.4. The molecule has 0 amide bonds. The summed E-state index contributed by atoms with van der Waals surface area (Å²) in [7, 11) is 0. The van der Waals surface area contributed by atoms with Crippen molar-refractivity contribution in [3.05, 3.63) is 71.3 Å². The van der Waals surface area contributed by atoms with Crippen molar-refractivity contribution >= 4 is 5.78 Å². The minimum absolute atomic E-state index is 0.101. The van der Waals surface area contributed by atoms with Gasteiger partial charge in [-0.2, -0.15) is 13.2 Å². The molecule has 2 N–H and O–H groups in total. The van der Waals surface area contributed by atoms with E-state index in [-0.39, 0.29) is 17.9 Å². The molecule has 0 aromatic heterocycles. The molecule has 1 unspecified atom stereocenters. The van der Waals surface area contributed by atoms with E-state index in [0.29, 0.717) is 0 Å². The second kappa shape index (κ2) is 6.10. The second-order valence-corrected chi connectivity index (χ2v) is 4.64. The van der Waals surface area contributed by atoms with Crippen LogP contribution in [0.1, 0.15) is 27.4 Å². The van der Waals surface area contributed by atoms with E-state index in [1.165, 1.54) is 12.1 Å². The molecule has 2 aromatic carbocycles. The Morgan fingerprint density at radius 1 is 1.00 bits per heavy atom. The van der Waals surface area contributed by atoms with Gasteiger partial charge in [0.1, 0.15) is 0 Å². The number of ketones is 1. The fourth-order valence-electron chi connectivity index (χ4n) is 2.10. The average molecular weight is 293 g/mol. The van der Waals surface area contributed by atoms with Gasteiger partial charge in [-0.15, -0.1) is 0 Å². The van der Waals surface area contributed by atoms with Gasteiger partial charge in [-0.1, -0.05) is 42.5 Å². The lowest BCUT2D eigenvalue weighted by atomic mass is 9.90. The maximum absolute atomic E-state index is 12.5. The van der Waals surface area contributed by atoms with E-state index >= 15 is 0 Å². The summed E-state index contributed by atoms with van der Waals surface area (Å²) in [5.41, 5.74) is 5.85. The largest absolute Gasteiger partial charge is 0.416 e. The van der Waals surface area contributed by atoms with E-state index < -0.39 is 17.7 Å². The first-order valence-corrected chi connectivity index (χ1v) is 6.40. The van der Waals surface area contributed by atoms with E-state index in [2.05, 4.69) is 0 Å². The quantitative estimate of drug-likeness (QED) is 0.875. The zero-order valence-electron chi connectivity index (χ0n) is 11.1. The molecule has 0 bridgehead atoms. The monoisotopic (exact) mass is 293 g/mol. The van der Waals surface area contributed by atoms with Crippen LogP contribution in [0.3, 0.4) is 0 Å². The maximum Gasteiger partial charge on any atom is 0.416 e. The van der Waals surface area contributed by atoms with Gasteiger partial charge in [0.2, 0.25) is 0 Å². The molecule has 2 nitrogen and oxygen atoms in total. The van der Waals surface area contributed by atoms with Gasteiger partial charge in [-0.3, -0.25) is 4.79 Å². The molecule has 0 fully saturated rings. The summed E-state index contributed by atoms with van der Waals surface area (Å²) < 4.78 is 37.5. The SMILES string of the molecule is NCC(C(=O)c1ccc(C(F)(F)F)cc1)c1ccccc1. The molecule has 0 aliphatic carbocycles. The van der Waals surface area contributed by atoms with E-state index in [1.807, 2.05) is 6.07 Å². The Kier molecular flexibility index (Phi) is 4.43. The topological polar surface area (TPSA) is 43.1 Å². The molecule has 0 aliphatic heterocycles. The number of nitrogens with two attached hydrogens (primary N) is 1. The minimum atomic E-state index is -4.41. The van der Waals surface area contributed by atoms with Crippen molar-refractivity contribution in [1.82, 2.24) is 0 Å². The summed E-state index contributed by atoms with van der Waals surface area (Å²) in [6.45, 7) is 0.101. The summed E-state index contributed by atoms with van der Waals surface area (Å²) in [5, 5.41) is 0. The summed E-state index contributed by atoms with van der Waals surface area (Å²) >= 11 is 0. The second-order valence-electron chi connectivity index (χ2n) is 4.64. The number of carbonyl (C=O) groups is 1. The molecule has 0 heterocycles. The molecule has 1 atom stereocenters. The molecule has 0 saturated carbocycles. The average Bonchev–Trinajstić information content (AvgIpc) is 2.48. The van der Waals surface area contributed by atoms with Crippen LogP contribution in [0.5, 0.6) is 0 Å². The van der Waals surface area contributed by atoms with Crippen molar-refractivity contribution in [3.63, 3.8) is 0 Å². The van der Waals surface area contributed by atoms with E-state index in [4.69, 9.17) is 5.73 Å². The number of carbonyl (C=O) groups excluding carboxylic acids is 1. The third-order valence-electron chi connectivity index (χ3n) is 3.25. The number of hydrogen-bond acceptors (Lipinski definition) is 2. The van der Waals surface area contributed by atoms with Gasteiger partial charge in [0.25, 0.3) is 0 Å². The van der Waals surface area contributed by atoms with E-state index in [0.717, 1.165) is 17.7 Å². The van der Waals surface area contributed by atoms with E-state index in [1.54, 1.807) is 24.3 Å². The first-order chi connectivity index (χ1) is 9.93. The number of hydrogen-bond donors (Lipinski definition) is 1. The smallest absolute Gasteiger partial charge is 0.329 e. The molecular formula is C16H14F3NO. The Bertz CT molecular complexity index is 606. The fourth-order valence-corrected chi connectivity index (χ4v) is 2.10. The molecule has 0 saturated heterocycles. The van der Waals surface area contributed by atoms with Gasteiger partial charge in [-0.05, 0) is 17.7 Å². The highest BCUT2D eigenvalue weighted by Crippen LogP contribution is 2.30. The highest BCUT2D eigenvalue weighted by Gasteiger charge is 2.30.